The highest BCUT2D eigenvalue weighted by Gasteiger charge is 2.23. The van der Waals surface area contributed by atoms with Gasteiger partial charge >= 0.3 is 5.97 Å². The lowest BCUT2D eigenvalue weighted by molar-refractivity contribution is -0.145. The zero-order valence-corrected chi connectivity index (χ0v) is 12.4. The van der Waals surface area contributed by atoms with Crippen LogP contribution in [0.5, 0.6) is 0 Å². The SMILES string of the molecule is CCC1CCC(CNC(C)C(C)C(=O)OC)CC1. The van der Waals surface area contributed by atoms with Crippen molar-refractivity contribution in [1.29, 1.82) is 0 Å². The van der Waals surface area contributed by atoms with Crippen LogP contribution in [-0.2, 0) is 9.53 Å². The van der Waals surface area contributed by atoms with E-state index < -0.39 is 0 Å². The maximum atomic E-state index is 11.4. The summed E-state index contributed by atoms with van der Waals surface area (Å²) in [6, 6.07) is 0.196. The van der Waals surface area contributed by atoms with E-state index in [0.717, 1.165) is 18.4 Å². The molecule has 1 rings (SSSR count). The summed E-state index contributed by atoms with van der Waals surface area (Å²) in [5.41, 5.74) is 0. The van der Waals surface area contributed by atoms with Crippen molar-refractivity contribution < 1.29 is 9.53 Å². The Morgan fingerprint density at radius 2 is 1.78 bits per heavy atom. The fraction of sp³-hybridized carbons (Fsp3) is 0.933. The highest BCUT2D eigenvalue weighted by molar-refractivity contribution is 5.72. The molecule has 0 aromatic carbocycles. The van der Waals surface area contributed by atoms with Crippen molar-refractivity contribution in [2.24, 2.45) is 17.8 Å². The molecule has 2 unspecified atom stereocenters. The molecule has 0 bridgehead atoms. The van der Waals surface area contributed by atoms with E-state index in [4.69, 9.17) is 4.74 Å². The molecule has 106 valence electrons. The van der Waals surface area contributed by atoms with Gasteiger partial charge in [0.25, 0.3) is 0 Å². The molecule has 0 amide bonds. The van der Waals surface area contributed by atoms with E-state index in [9.17, 15) is 4.79 Å². The van der Waals surface area contributed by atoms with E-state index in [1.807, 2.05) is 6.92 Å². The zero-order valence-electron chi connectivity index (χ0n) is 12.4. The molecule has 1 aliphatic rings. The summed E-state index contributed by atoms with van der Waals surface area (Å²) >= 11 is 0. The van der Waals surface area contributed by atoms with Crippen LogP contribution in [0.25, 0.3) is 0 Å². The normalized spacial score (nSPS) is 27.6. The summed E-state index contributed by atoms with van der Waals surface area (Å²) in [7, 11) is 1.46. The summed E-state index contributed by atoms with van der Waals surface area (Å²) in [4.78, 5) is 11.4. The second-order valence-corrected chi connectivity index (χ2v) is 5.80. The molecular weight excluding hydrogens is 226 g/mol. The second-order valence-electron chi connectivity index (χ2n) is 5.80. The average Bonchev–Trinajstić information content (AvgIpc) is 2.43. The van der Waals surface area contributed by atoms with E-state index in [2.05, 4.69) is 19.2 Å². The fourth-order valence-electron chi connectivity index (χ4n) is 2.76. The number of carbonyl (C=O) groups is 1. The molecule has 0 aliphatic heterocycles. The molecule has 0 aromatic heterocycles. The number of hydrogen-bond donors (Lipinski definition) is 1. The molecule has 0 aromatic rings. The van der Waals surface area contributed by atoms with Crippen LogP contribution in [0.3, 0.4) is 0 Å². The van der Waals surface area contributed by atoms with Gasteiger partial charge in [0.15, 0.2) is 0 Å². The molecular formula is C15H29NO2. The Morgan fingerprint density at radius 1 is 1.22 bits per heavy atom. The van der Waals surface area contributed by atoms with Gasteiger partial charge in [-0.25, -0.2) is 0 Å². The summed E-state index contributed by atoms with van der Waals surface area (Å²) in [5.74, 6) is 1.56. The van der Waals surface area contributed by atoms with Crippen LogP contribution in [0, 0.1) is 17.8 Å². The molecule has 0 spiro atoms. The van der Waals surface area contributed by atoms with Crippen molar-refractivity contribution in [3.63, 3.8) is 0 Å². The fourth-order valence-corrected chi connectivity index (χ4v) is 2.76. The van der Waals surface area contributed by atoms with E-state index in [0.29, 0.717) is 0 Å². The van der Waals surface area contributed by atoms with Gasteiger partial charge in [0, 0.05) is 6.04 Å². The van der Waals surface area contributed by atoms with Crippen LogP contribution in [0.1, 0.15) is 52.9 Å². The summed E-state index contributed by atoms with van der Waals surface area (Å²) in [5, 5.41) is 3.50. The first-order chi connectivity index (χ1) is 8.58. The third kappa shape index (κ3) is 4.60. The minimum atomic E-state index is -0.121. The van der Waals surface area contributed by atoms with Gasteiger partial charge in [-0.3, -0.25) is 4.79 Å². The monoisotopic (exact) mass is 255 g/mol. The van der Waals surface area contributed by atoms with Gasteiger partial charge < -0.3 is 10.1 Å². The van der Waals surface area contributed by atoms with Crippen LogP contribution < -0.4 is 5.32 Å². The molecule has 3 nitrogen and oxygen atoms in total. The number of rotatable bonds is 6. The molecule has 1 N–H and O–H groups in total. The quantitative estimate of drug-likeness (QED) is 0.742. The lowest BCUT2D eigenvalue weighted by Crippen LogP contribution is -2.39. The lowest BCUT2D eigenvalue weighted by Gasteiger charge is -2.29. The van der Waals surface area contributed by atoms with Crippen molar-refractivity contribution in [3.05, 3.63) is 0 Å². The van der Waals surface area contributed by atoms with Gasteiger partial charge in [-0.2, -0.15) is 0 Å². The van der Waals surface area contributed by atoms with Crippen molar-refractivity contribution in [3.8, 4) is 0 Å². The Balaban J connectivity index is 2.23. The van der Waals surface area contributed by atoms with Crippen molar-refractivity contribution in [2.45, 2.75) is 58.9 Å². The number of ether oxygens (including phenoxy) is 1. The molecule has 2 atom stereocenters. The third-order valence-electron chi connectivity index (χ3n) is 4.60. The number of hydrogen-bond acceptors (Lipinski definition) is 3. The largest absolute Gasteiger partial charge is 0.469 e. The summed E-state index contributed by atoms with van der Waals surface area (Å²) < 4.78 is 4.77. The van der Waals surface area contributed by atoms with Crippen LogP contribution in [0.4, 0.5) is 0 Å². The minimum Gasteiger partial charge on any atom is -0.469 e. The summed E-state index contributed by atoms with van der Waals surface area (Å²) in [6.07, 6.45) is 6.76. The lowest BCUT2D eigenvalue weighted by atomic mass is 9.81. The van der Waals surface area contributed by atoms with E-state index in [-0.39, 0.29) is 17.9 Å². The Labute approximate surface area is 112 Å². The van der Waals surface area contributed by atoms with Gasteiger partial charge in [-0.1, -0.05) is 33.1 Å². The number of nitrogens with one attached hydrogen (secondary N) is 1. The first-order valence-electron chi connectivity index (χ1n) is 7.39. The molecule has 0 saturated heterocycles. The second kappa shape index (κ2) is 7.78. The van der Waals surface area contributed by atoms with E-state index >= 15 is 0 Å². The Hall–Kier alpha value is -0.570. The topological polar surface area (TPSA) is 38.3 Å². The first kappa shape index (κ1) is 15.5. The smallest absolute Gasteiger partial charge is 0.309 e. The molecule has 18 heavy (non-hydrogen) atoms. The van der Waals surface area contributed by atoms with Gasteiger partial charge in [0.1, 0.15) is 0 Å². The molecule has 1 saturated carbocycles. The van der Waals surface area contributed by atoms with Gasteiger partial charge in [0.05, 0.1) is 13.0 Å². The molecule has 1 fully saturated rings. The van der Waals surface area contributed by atoms with Crippen LogP contribution >= 0.6 is 0 Å². The minimum absolute atomic E-state index is 0.0676. The Morgan fingerprint density at radius 3 is 2.28 bits per heavy atom. The number of methoxy groups -OCH3 is 1. The summed E-state index contributed by atoms with van der Waals surface area (Å²) in [6.45, 7) is 7.33. The van der Waals surface area contributed by atoms with Crippen molar-refractivity contribution in [2.75, 3.05) is 13.7 Å². The number of esters is 1. The first-order valence-corrected chi connectivity index (χ1v) is 7.39. The zero-order chi connectivity index (χ0) is 13.5. The van der Waals surface area contributed by atoms with Crippen LogP contribution in [0.15, 0.2) is 0 Å². The molecule has 3 heteroatoms. The molecule has 0 heterocycles. The Kier molecular flexibility index (Phi) is 6.69. The number of carbonyl (C=O) groups excluding carboxylic acids is 1. The molecule has 1 aliphatic carbocycles. The van der Waals surface area contributed by atoms with Crippen molar-refractivity contribution >= 4 is 5.97 Å². The van der Waals surface area contributed by atoms with E-state index in [1.165, 1.54) is 39.2 Å². The van der Waals surface area contributed by atoms with Crippen molar-refractivity contribution in [1.82, 2.24) is 5.32 Å². The van der Waals surface area contributed by atoms with E-state index in [1.54, 1.807) is 0 Å². The maximum absolute atomic E-state index is 11.4. The highest BCUT2D eigenvalue weighted by atomic mass is 16.5. The average molecular weight is 255 g/mol. The predicted octanol–water partition coefficient (Wildman–Crippen LogP) is 2.99. The van der Waals surface area contributed by atoms with Gasteiger partial charge in [-0.05, 0) is 38.1 Å². The predicted molar refractivity (Wildman–Crippen MR) is 74.4 cm³/mol. The standard InChI is InChI=1S/C15H29NO2/c1-5-13-6-8-14(9-7-13)10-16-12(3)11(2)15(17)18-4/h11-14,16H,5-10H2,1-4H3. The highest BCUT2D eigenvalue weighted by Crippen LogP contribution is 2.30. The van der Waals surface area contributed by atoms with Crippen LogP contribution in [-0.4, -0.2) is 25.7 Å². The van der Waals surface area contributed by atoms with Gasteiger partial charge in [-0.15, -0.1) is 0 Å². The van der Waals surface area contributed by atoms with Crippen LogP contribution in [0.2, 0.25) is 0 Å². The maximum Gasteiger partial charge on any atom is 0.309 e. The third-order valence-corrected chi connectivity index (χ3v) is 4.60. The van der Waals surface area contributed by atoms with Gasteiger partial charge in [0.2, 0.25) is 0 Å². The molecule has 0 radical (unpaired) electrons. The Bertz CT molecular complexity index is 247.